The molecule has 29 heavy (non-hydrogen) atoms. The Morgan fingerprint density at radius 3 is 2.66 bits per heavy atom. The Bertz CT molecular complexity index is 1060. The van der Waals surface area contributed by atoms with Gasteiger partial charge in [0.05, 0.1) is 10.7 Å². The summed E-state index contributed by atoms with van der Waals surface area (Å²) >= 11 is 1.32. The van der Waals surface area contributed by atoms with Gasteiger partial charge < -0.3 is 5.32 Å². The van der Waals surface area contributed by atoms with Crippen molar-refractivity contribution in [2.75, 3.05) is 11.1 Å². The van der Waals surface area contributed by atoms with E-state index >= 15 is 0 Å². The van der Waals surface area contributed by atoms with E-state index in [2.05, 4.69) is 15.5 Å². The van der Waals surface area contributed by atoms with Gasteiger partial charge in [0, 0.05) is 29.4 Å². The molecule has 4 rings (SSSR count). The number of nitrogens with zero attached hydrogens (tertiary/aromatic N) is 4. The zero-order valence-electron chi connectivity index (χ0n) is 15.7. The summed E-state index contributed by atoms with van der Waals surface area (Å²) in [6.45, 7) is 1.73. The van der Waals surface area contributed by atoms with Crippen LogP contribution < -0.4 is 5.32 Å². The van der Waals surface area contributed by atoms with Crippen LogP contribution in [0.2, 0.25) is 0 Å². The Kier molecular flexibility index (Phi) is 5.30. The maximum Gasteiger partial charge on any atom is 0.269 e. The van der Waals surface area contributed by atoms with Gasteiger partial charge in [-0.15, -0.1) is 10.2 Å². The van der Waals surface area contributed by atoms with Gasteiger partial charge in [0.15, 0.2) is 5.16 Å². The third-order valence-corrected chi connectivity index (χ3v) is 5.57. The fraction of sp³-hybridized carbons (Fsp3) is 0.250. The van der Waals surface area contributed by atoms with Crippen molar-refractivity contribution < 1.29 is 9.72 Å². The smallest absolute Gasteiger partial charge is 0.269 e. The summed E-state index contributed by atoms with van der Waals surface area (Å²) < 4.78 is 2.02. The molecular formula is C20H19N5O3S. The number of benzene rings is 2. The Labute approximate surface area is 171 Å². The highest BCUT2D eigenvalue weighted by Crippen LogP contribution is 2.41. The van der Waals surface area contributed by atoms with Gasteiger partial charge in [-0.05, 0) is 43.5 Å². The lowest BCUT2D eigenvalue weighted by atomic mass is 10.2. The molecule has 0 aliphatic heterocycles. The van der Waals surface area contributed by atoms with Gasteiger partial charge in [-0.1, -0.05) is 30.0 Å². The van der Waals surface area contributed by atoms with E-state index in [0.29, 0.717) is 22.3 Å². The van der Waals surface area contributed by atoms with Crippen LogP contribution in [0.3, 0.4) is 0 Å². The van der Waals surface area contributed by atoms with Crippen LogP contribution in [0.4, 0.5) is 11.4 Å². The van der Waals surface area contributed by atoms with Crippen molar-refractivity contribution in [2.45, 2.75) is 30.8 Å². The highest BCUT2D eigenvalue weighted by atomic mass is 32.2. The van der Waals surface area contributed by atoms with Crippen molar-refractivity contribution >= 4 is 29.0 Å². The van der Waals surface area contributed by atoms with Gasteiger partial charge in [-0.25, -0.2) is 0 Å². The molecule has 1 heterocycles. The molecule has 8 nitrogen and oxygen atoms in total. The molecule has 0 saturated heterocycles. The molecule has 2 aromatic carbocycles. The van der Waals surface area contributed by atoms with Gasteiger partial charge in [-0.3, -0.25) is 19.5 Å². The quantitative estimate of drug-likeness (QED) is 0.358. The van der Waals surface area contributed by atoms with Crippen LogP contribution in [0.25, 0.3) is 5.69 Å². The number of aromatic nitrogens is 3. The third-order valence-electron chi connectivity index (χ3n) is 4.64. The van der Waals surface area contributed by atoms with Crippen LogP contribution in [0.1, 0.15) is 30.1 Å². The van der Waals surface area contributed by atoms with Gasteiger partial charge in [0.25, 0.3) is 5.69 Å². The van der Waals surface area contributed by atoms with Gasteiger partial charge in [-0.2, -0.15) is 0 Å². The lowest BCUT2D eigenvalue weighted by Gasteiger charge is -2.10. The fourth-order valence-corrected chi connectivity index (χ4v) is 3.78. The number of hydrogen-bond acceptors (Lipinski definition) is 6. The number of non-ortho nitro benzene ring substituents is 1. The monoisotopic (exact) mass is 409 g/mol. The number of amides is 1. The first-order chi connectivity index (χ1) is 14.0. The highest BCUT2D eigenvalue weighted by molar-refractivity contribution is 7.99. The second-order valence-electron chi connectivity index (χ2n) is 6.88. The highest BCUT2D eigenvalue weighted by Gasteiger charge is 2.31. The topological polar surface area (TPSA) is 103 Å². The predicted octanol–water partition coefficient (Wildman–Crippen LogP) is 4.09. The number of nitrogens with one attached hydrogen (secondary N) is 1. The largest absolute Gasteiger partial charge is 0.325 e. The number of nitro benzene ring substituents is 1. The van der Waals surface area contributed by atoms with Crippen molar-refractivity contribution in [1.29, 1.82) is 0 Å². The summed E-state index contributed by atoms with van der Waals surface area (Å²) in [6, 6.07) is 14.2. The maximum absolute atomic E-state index is 12.4. The molecule has 3 aromatic rings. The van der Waals surface area contributed by atoms with Gasteiger partial charge in [0.2, 0.25) is 5.91 Å². The molecule has 1 saturated carbocycles. The molecule has 1 fully saturated rings. The van der Waals surface area contributed by atoms with Crippen LogP contribution in [0.15, 0.2) is 53.7 Å². The summed E-state index contributed by atoms with van der Waals surface area (Å²) in [5, 5.41) is 23.0. The third kappa shape index (κ3) is 4.29. The Morgan fingerprint density at radius 2 is 2.00 bits per heavy atom. The molecule has 1 N–H and O–H groups in total. The van der Waals surface area contributed by atoms with E-state index in [4.69, 9.17) is 0 Å². The SMILES string of the molecule is Cc1cc([N+](=O)[O-])ccc1NC(=O)CSc1nnc(C2CC2)n1-c1ccccc1. The number of carbonyl (C=O) groups excluding carboxylic acids is 1. The molecular weight excluding hydrogens is 390 g/mol. The van der Waals surface area contributed by atoms with Crippen molar-refractivity contribution in [3.63, 3.8) is 0 Å². The Morgan fingerprint density at radius 1 is 1.24 bits per heavy atom. The zero-order valence-corrected chi connectivity index (χ0v) is 16.6. The Hall–Kier alpha value is -3.20. The lowest BCUT2D eigenvalue weighted by Crippen LogP contribution is -2.15. The fourth-order valence-electron chi connectivity index (χ4n) is 3.02. The number of nitro groups is 1. The number of anilines is 1. The van der Waals surface area contributed by atoms with E-state index in [-0.39, 0.29) is 17.3 Å². The van der Waals surface area contributed by atoms with E-state index in [1.54, 1.807) is 13.0 Å². The molecule has 0 unspecified atom stereocenters. The average Bonchev–Trinajstić information content (AvgIpc) is 3.47. The predicted molar refractivity (Wildman–Crippen MR) is 111 cm³/mol. The van der Waals surface area contributed by atoms with Crippen LogP contribution in [0.5, 0.6) is 0 Å². The minimum absolute atomic E-state index is 0.00144. The average molecular weight is 409 g/mol. The maximum atomic E-state index is 12.4. The first-order valence-corrected chi connectivity index (χ1v) is 10.2. The minimum Gasteiger partial charge on any atom is -0.325 e. The van der Waals surface area contributed by atoms with Crippen molar-refractivity contribution in [3.8, 4) is 5.69 Å². The summed E-state index contributed by atoms with van der Waals surface area (Å²) in [6.07, 6.45) is 2.21. The van der Waals surface area contributed by atoms with Crippen LogP contribution in [-0.4, -0.2) is 31.3 Å². The number of aryl methyl sites for hydroxylation is 1. The molecule has 0 atom stereocenters. The van der Waals surface area contributed by atoms with E-state index in [9.17, 15) is 14.9 Å². The standard InChI is InChI=1S/C20H19N5O3S/c1-13-11-16(25(27)28)9-10-17(13)21-18(26)12-29-20-23-22-19(14-7-8-14)24(20)15-5-3-2-4-6-15/h2-6,9-11,14H,7-8,12H2,1H3,(H,21,26). The summed E-state index contributed by atoms with van der Waals surface area (Å²) in [7, 11) is 0. The number of hydrogen-bond donors (Lipinski definition) is 1. The first kappa shape index (κ1) is 19.1. The van der Waals surface area contributed by atoms with E-state index in [1.807, 2.05) is 34.9 Å². The minimum atomic E-state index is -0.456. The Balaban J connectivity index is 1.47. The molecule has 1 amide bonds. The second kappa shape index (κ2) is 8.04. The number of thioether (sulfide) groups is 1. The first-order valence-electron chi connectivity index (χ1n) is 9.21. The number of rotatable bonds is 7. The summed E-state index contributed by atoms with van der Waals surface area (Å²) in [5.41, 5.74) is 2.18. The summed E-state index contributed by atoms with van der Waals surface area (Å²) in [5.74, 6) is 1.31. The molecule has 148 valence electrons. The van der Waals surface area contributed by atoms with Crippen molar-refractivity contribution in [1.82, 2.24) is 14.8 Å². The van der Waals surface area contributed by atoms with E-state index in [0.717, 1.165) is 24.4 Å². The second-order valence-corrected chi connectivity index (χ2v) is 7.82. The zero-order chi connectivity index (χ0) is 20.4. The van der Waals surface area contributed by atoms with Crippen molar-refractivity contribution in [2.24, 2.45) is 0 Å². The van der Waals surface area contributed by atoms with E-state index in [1.165, 1.54) is 23.9 Å². The van der Waals surface area contributed by atoms with Crippen LogP contribution >= 0.6 is 11.8 Å². The normalized spacial score (nSPS) is 13.3. The number of para-hydroxylation sites is 1. The van der Waals surface area contributed by atoms with Crippen molar-refractivity contribution in [3.05, 3.63) is 70.0 Å². The lowest BCUT2D eigenvalue weighted by molar-refractivity contribution is -0.384. The van der Waals surface area contributed by atoms with Crippen LogP contribution in [0, 0.1) is 17.0 Å². The molecule has 0 radical (unpaired) electrons. The molecule has 1 aliphatic rings. The molecule has 1 aliphatic carbocycles. The van der Waals surface area contributed by atoms with Gasteiger partial charge in [0.1, 0.15) is 5.82 Å². The molecule has 0 bridgehead atoms. The van der Waals surface area contributed by atoms with Gasteiger partial charge >= 0.3 is 0 Å². The summed E-state index contributed by atoms with van der Waals surface area (Å²) in [4.78, 5) is 22.8. The molecule has 1 aromatic heterocycles. The number of carbonyl (C=O) groups is 1. The van der Waals surface area contributed by atoms with E-state index < -0.39 is 4.92 Å². The van der Waals surface area contributed by atoms with Crippen LogP contribution in [-0.2, 0) is 4.79 Å². The molecule has 9 heteroatoms. The molecule has 0 spiro atoms.